The van der Waals surface area contributed by atoms with Crippen LogP contribution in [0, 0.1) is 11.5 Å². The van der Waals surface area contributed by atoms with Crippen molar-refractivity contribution in [2.75, 3.05) is 5.75 Å². The molecule has 1 aromatic rings. The standard InChI is InChI=1S/C12H14ClN3OS/c13-12-5-4-10(8-15-12)7-11-3-1-2-6-18(11,17)16-9-14/h4-5,8,11H,1-3,6-7H2. The van der Waals surface area contributed by atoms with Crippen LogP contribution in [-0.4, -0.2) is 20.2 Å². The smallest absolute Gasteiger partial charge is 0.214 e. The van der Waals surface area contributed by atoms with E-state index in [1.54, 1.807) is 18.5 Å². The number of nitrogens with zero attached hydrogens (tertiary/aromatic N) is 3. The van der Waals surface area contributed by atoms with Crippen LogP contribution >= 0.6 is 11.6 Å². The van der Waals surface area contributed by atoms with Crippen molar-refractivity contribution in [1.29, 1.82) is 5.26 Å². The first kappa shape index (κ1) is 13.3. The van der Waals surface area contributed by atoms with E-state index in [0.717, 1.165) is 24.8 Å². The Morgan fingerprint density at radius 2 is 2.39 bits per heavy atom. The van der Waals surface area contributed by atoms with Crippen molar-refractivity contribution in [3.05, 3.63) is 29.0 Å². The van der Waals surface area contributed by atoms with E-state index in [1.165, 1.54) is 0 Å². The summed E-state index contributed by atoms with van der Waals surface area (Å²) in [5, 5.41) is 9.08. The van der Waals surface area contributed by atoms with Crippen LogP contribution in [0.4, 0.5) is 0 Å². The van der Waals surface area contributed by atoms with Crippen molar-refractivity contribution in [2.45, 2.75) is 30.9 Å². The Labute approximate surface area is 112 Å². The fourth-order valence-electron chi connectivity index (χ4n) is 2.24. The SMILES string of the molecule is N#CN=S1(=O)CCCCC1Cc1ccc(Cl)nc1. The maximum Gasteiger partial charge on any atom is 0.214 e. The minimum atomic E-state index is -2.39. The molecule has 2 rings (SSSR count). The summed E-state index contributed by atoms with van der Waals surface area (Å²) in [5.41, 5.74) is 0.993. The predicted octanol–water partition coefficient (Wildman–Crippen LogP) is 2.78. The van der Waals surface area contributed by atoms with E-state index in [9.17, 15) is 4.21 Å². The van der Waals surface area contributed by atoms with Gasteiger partial charge in [0.15, 0.2) is 0 Å². The van der Waals surface area contributed by atoms with Gasteiger partial charge in [-0.1, -0.05) is 24.1 Å². The zero-order valence-corrected chi connectivity index (χ0v) is 11.5. The highest BCUT2D eigenvalue weighted by Crippen LogP contribution is 2.25. The molecule has 4 nitrogen and oxygen atoms in total. The summed E-state index contributed by atoms with van der Waals surface area (Å²) in [4.78, 5) is 4.02. The first-order valence-corrected chi connectivity index (χ1v) is 7.99. The molecule has 0 saturated carbocycles. The van der Waals surface area contributed by atoms with E-state index in [0.29, 0.717) is 17.3 Å². The topological polar surface area (TPSA) is 66.1 Å². The van der Waals surface area contributed by atoms with Gasteiger partial charge >= 0.3 is 0 Å². The van der Waals surface area contributed by atoms with Crippen LogP contribution in [0.1, 0.15) is 24.8 Å². The molecule has 2 heterocycles. The average molecular weight is 284 g/mol. The molecule has 0 aliphatic carbocycles. The predicted molar refractivity (Wildman–Crippen MR) is 71.6 cm³/mol. The molecule has 1 saturated heterocycles. The fraction of sp³-hybridized carbons (Fsp3) is 0.500. The van der Waals surface area contributed by atoms with Gasteiger partial charge in [-0.25, -0.2) is 9.19 Å². The highest BCUT2D eigenvalue weighted by atomic mass is 35.5. The number of hydrogen-bond donors (Lipinski definition) is 0. The number of hydrogen-bond acceptors (Lipinski definition) is 4. The second kappa shape index (κ2) is 5.68. The second-order valence-electron chi connectivity index (χ2n) is 4.40. The van der Waals surface area contributed by atoms with Gasteiger partial charge in [-0.15, -0.1) is 4.36 Å². The van der Waals surface area contributed by atoms with E-state index in [1.807, 2.05) is 6.07 Å². The van der Waals surface area contributed by atoms with Crippen molar-refractivity contribution in [2.24, 2.45) is 4.36 Å². The lowest BCUT2D eigenvalue weighted by atomic mass is 10.1. The lowest BCUT2D eigenvalue weighted by Gasteiger charge is -2.25. The Kier molecular flexibility index (Phi) is 4.20. The molecule has 0 amide bonds. The van der Waals surface area contributed by atoms with Crippen LogP contribution in [-0.2, 0) is 16.1 Å². The molecule has 1 fully saturated rings. The summed E-state index contributed by atoms with van der Waals surface area (Å²) in [5.74, 6) is 0.534. The Hall–Kier alpha value is -1.12. The molecule has 1 aliphatic rings. The summed E-state index contributed by atoms with van der Waals surface area (Å²) in [6, 6.07) is 3.61. The Morgan fingerprint density at radius 3 is 3.06 bits per heavy atom. The lowest BCUT2D eigenvalue weighted by Crippen LogP contribution is -2.30. The molecule has 96 valence electrons. The zero-order chi connectivity index (χ0) is 13.0. The minimum absolute atomic E-state index is 0.0473. The van der Waals surface area contributed by atoms with Crippen LogP contribution in [0.5, 0.6) is 0 Å². The second-order valence-corrected chi connectivity index (χ2v) is 7.42. The van der Waals surface area contributed by atoms with E-state index in [4.69, 9.17) is 16.9 Å². The lowest BCUT2D eigenvalue weighted by molar-refractivity contribution is 0.597. The molecule has 2 atom stereocenters. The molecular formula is C12H14ClN3OS. The molecule has 1 aromatic heterocycles. The van der Waals surface area contributed by atoms with E-state index in [-0.39, 0.29) is 5.25 Å². The molecule has 18 heavy (non-hydrogen) atoms. The van der Waals surface area contributed by atoms with Crippen molar-refractivity contribution in [3.63, 3.8) is 0 Å². The maximum atomic E-state index is 12.6. The van der Waals surface area contributed by atoms with E-state index in [2.05, 4.69) is 9.35 Å². The van der Waals surface area contributed by atoms with Gasteiger partial charge in [0, 0.05) is 17.2 Å². The van der Waals surface area contributed by atoms with Crippen molar-refractivity contribution >= 4 is 21.3 Å². The summed E-state index contributed by atoms with van der Waals surface area (Å²) in [7, 11) is -2.39. The normalized spacial score (nSPS) is 27.4. The van der Waals surface area contributed by atoms with Gasteiger partial charge in [-0.05, 0) is 30.9 Å². The molecule has 6 heteroatoms. The Bertz CT molecular complexity index is 570. The van der Waals surface area contributed by atoms with Gasteiger partial charge in [-0.3, -0.25) is 0 Å². The van der Waals surface area contributed by atoms with Crippen LogP contribution < -0.4 is 0 Å². The van der Waals surface area contributed by atoms with Crippen molar-refractivity contribution < 1.29 is 4.21 Å². The monoisotopic (exact) mass is 283 g/mol. The summed E-state index contributed by atoms with van der Waals surface area (Å²) < 4.78 is 16.3. The zero-order valence-electron chi connectivity index (χ0n) is 9.88. The molecule has 1 aliphatic heterocycles. The number of pyridine rings is 1. The first-order chi connectivity index (χ1) is 8.64. The quantitative estimate of drug-likeness (QED) is 0.619. The average Bonchev–Trinajstić information content (AvgIpc) is 2.35. The van der Waals surface area contributed by atoms with Crippen LogP contribution in [0.15, 0.2) is 22.7 Å². The minimum Gasteiger partial charge on any atom is -0.248 e. The van der Waals surface area contributed by atoms with Gasteiger partial charge in [0.25, 0.3) is 0 Å². The molecule has 0 spiro atoms. The van der Waals surface area contributed by atoms with Gasteiger partial charge < -0.3 is 0 Å². The van der Waals surface area contributed by atoms with Crippen molar-refractivity contribution in [1.82, 2.24) is 4.98 Å². The largest absolute Gasteiger partial charge is 0.248 e. The summed E-state index contributed by atoms with van der Waals surface area (Å²) in [6.45, 7) is 0. The van der Waals surface area contributed by atoms with Gasteiger partial charge in [-0.2, -0.15) is 5.26 Å². The fourth-order valence-corrected chi connectivity index (χ4v) is 4.67. The summed E-state index contributed by atoms with van der Waals surface area (Å²) in [6.07, 6.45) is 6.85. The summed E-state index contributed by atoms with van der Waals surface area (Å²) >= 11 is 5.73. The highest BCUT2D eigenvalue weighted by Gasteiger charge is 2.27. The Balaban J connectivity index is 2.21. The van der Waals surface area contributed by atoms with Crippen LogP contribution in [0.3, 0.4) is 0 Å². The third kappa shape index (κ3) is 3.01. The number of aromatic nitrogens is 1. The molecule has 0 bridgehead atoms. The van der Waals surface area contributed by atoms with Crippen LogP contribution in [0.25, 0.3) is 0 Å². The van der Waals surface area contributed by atoms with Gasteiger partial charge in [0.2, 0.25) is 6.19 Å². The Morgan fingerprint density at radius 1 is 1.56 bits per heavy atom. The van der Waals surface area contributed by atoms with Crippen LogP contribution in [0.2, 0.25) is 5.15 Å². The maximum absolute atomic E-state index is 12.6. The number of halogens is 1. The third-order valence-corrected chi connectivity index (χ3v) is 6.11. The highest BCUT2D eigenvalue weighted by molar-refractivity contribution is 7.94. The van der Waals surface area contributed by atoms with E-state index >= 15 is 0 Å². The number of nitriles is 1. The number of rotatable bonds is 2. The van der Waals surface area contributed by atoms with Crippen molar-refractivity contribution in [3.8, 4) is 6.19 Å². The molecule has 0 aromatic carbocycles. The molecule has 2 unspecified atom stereocenters. The van der Waals surface area contributed by atoms with Gasteiger partial charge in [0.05, 0.1) is 9.73 Å². The molecule has 0 radical (unpaired) electrons. The molecular weight excluding hydrogens is 270 g/mol. The van der Waals surface area contributed by atoms with Gasteiger partial charge in [0.1, 0.15) is 5.15 Å². The third-order valence-electron chi connectivity index (χ3n) is 3.18. The van der Waals surface area contributed by atoms with E-state index < -0.39 is 9.73 Å². The molecule has 0 N–H and O–H groups in total. The first-order valence-electron chi connectivity index (χ1n) is 5.86.